The van der Waals surface area contributed by atoms with Crippen molar-refractivity contribution in [3.63, 3.8) is 0 Å². The lowest BCUT2D eigenvalue weighted by Crippen LogP contribution is -2.45. The number of fused-ring (bicyclic) bond motifs is 1. The average Bonchev–Trinajstić information content (AvgIpc) is 2.97. The van der Waals surface area contributed by atoms with Gasteiger partial charge in [-0.25, -0.2) is 4.79 Å². The van der Waals surface area contributed by atoms with Gasteiger partial charge in [-0.15, -0.1) is 0 Å². The number of carbonyl (C=O) groups is 2. The van der Waals surface area contributed by atoms with E-state index in [9.17, 15) is 9.59 Å². The fourth-order valence-corrected chi connectivity index (χ4v) is 2.99. The van der Waals surface area contributed by atoms with Crippen molar-refractivity contribution in [3.8, 4) is 0 Å². The Morgan fingerprint density at radius 3 is 2.19 bits per heavy atom. The molecular weight excluding hydrogens is 266 g/mol. The van der Waals surface area contributed by atoms with Crippen LogP contribution in [0.2, 0.25) is 0 Å². The minimum absolute atomic E-state index is 0.0276. The molecule has 112 valence electrons. The molecule has 1 fully saturated rings. The van der Waals surface area contributed by atoms with Crippen LogP contribution >= 0.6 is 0 Å². The maximum absolute atomic E-state index is 12.1. The number of urea groups is 1. The second kappa shape index (κ2) is 6.16. The topological polar surface area (TPSA) is 52.7 Å². The van der Waals surface area contributed by atoms with Crippen molar-refractivity contribution < 1.29 is 9.59 Å². The fraction of sp³-hybridized carbons (Fsp3) is 0.500. The number of hydrogen-bond donors (Lipinski definition) is 1. The van der Waals surface area contributed by atoms with Crippen LogP contribution in [0.15, 0.2) is 24.3 Å². The zero-order valence-electron chi connectivity index (χ0n) is 12.2. The highest BCUT2D eigenvalue weighted by Crippen LogP contribution is 2.21. The van der Waals surface area contributed by atoms with Crippen LogP contribution in [0, 0.1) is 0 Å². The minimum atomic E-state index is -0.156. The second-order valence-corrected chi connectivity index (χ2v) is 5.72. The molecular formula is C16H21N3O2. The Hall–Kier alpha value is -2.04. The number of nitrogens with zero attached hydrogens (tertiary/aromatic N) is 2. The molecule has 0 saturated carbocycles. The number of piperidine rings is 1. The summed E-state index contributed by atoms with van der Waals surface area (Å²) in [5.41, 5.74) is 2.38. The molecule has 0 aromatic heterocycles. The molecule has 0 radical (unpaired) electrons. The first-order chi connectivity index (χ1) is 10.2. The average molecular weight is 287 g/mol. The molecule has 3 rings (SSSR count). The summed E-state index contributed by atoms with van der Waals surface area (Å²) in [5, 5.41) is 2.75. The van der Waals surface area contributed by atoms with Gasteiger partial charge < -0.3 is 15.1 Å². The van der Waals surface area contributed by atoms with Crippen LogP contribution in [-0.2, 0) is 17.9 Å². The maximum Gasteiger partial charge on any atom is 0.318 e. The van der Waals surface area contributed by atoms with E-state index in [-0.39, 0.29) is 18.5 Å². The van der Waals surface area contributed by atoms with Gasteiger partial charge in [0.25, 0.3) is 0 Å². The Balaban J connectivity index is 1.48. The molecule has 2 aliphatic heterocycles. The molecule has 1 saturated heterocycles. The van der Waals surface area contributed by atoms with Crippen LogP contribution in [0.4, 0.5) is 4.79 Å². The zero-order chi connectivity index (χ0) is 14.7. The van der Waals surface area contributed by atoms with E-state index in [2.05, 4.69) is 5.32 Å². The van der Waals surface area contributed by atoms with Crippen molar-refractivity contribution in [2.75, 3.05) is 19.6 Å². The molecule has 2 aliphatic rings. The van der Waals surface area contributed by atoms with Crippen molar-refractivity contribution in [3.05, 3.63) is 35.4 Å². The molecule has 1 aromatic carbocycles. The molecule has 0 bridgehead atoms. The van der Waals surface area contributed by atoms with E-state index in [0.717, 1.165) is 25.9 Å². The highest BCUT2D eigenvalue weighted by Gasteiger charge is 2.24. The normalized spacial score (nSPS) is 17.5. The Bertz CT molecular complexity index is 513. The molecule has 5 nitrogen and oxygen atoms in total. The molecule has 1 aromatic rings. The first-order valence-electron chi connectivity index (χ1n) is 7.61. The second-order valence-electron chi connectivity index (χ2n) is 5.72. The largest absolute Gasteiger partial charge is 0.341 e. The number of benzene rings is 1. The molecule has 5 heteroatoms. The smallest absolute Gasteiger partial charge is 0.318 e. The van der Waals surface area contributed by atoms with E-state index in [1.807, 2.05) is 29.2 Å². The lowest BCUT2D eigenvalue weighted by atomic mass is 10.1. The molecule has 2 heterocycles. The first kappa shape index (κ1) is 13.9. The van der Waals surface area contributed by atoms with E-state index in [4.69, 9.17) is 0 Å². The highest BCUT2D eigenvalue weighted by atomic mass is 16.2. The molecule has 0 unspecified atom stereocenters. The monoisotopic (exact) mass is 287 g/mol. The quantitative estimate of drug-likeness (QED) is 0.900. The Labute approximate surface area is 124 Å². The van der Waals surface area contributed by atoms with Crippen molar-refractivity contribution in [1.29, 1.82) is 0 Å². The van der Waals surface area contributed by atoms with Crippen LogP contribution in [0.1, 0.15) is 30.4 Å². The number of likely N-dealkylation sites (tertiary alicyclic amines) is 1. The third-order valence-electron chi connectivity index (χ3n) is 4.23. The van der Waals surface area contributed by atoms with E-state index < -0.39 is 0 Å². The summed E-state index contributed by atoms with van der Waals surface area (Å²) in [5.74, 6) is 0.0276. The summed E-state index contributed by atoms with van der Waals surface area (Å²) in [6.45, 7) is 3.00. The zero-order valence-corrected chi connectivity index (χ0v) is 12.2. The van der Waals surface area contributed by atoms with Crippen molar-refractivity contribution in [2.24, 2.45) is 0 Å². The molecule has 3 amide bonds. The minimum Gasteiger partial charge on any atom is -0.341 e. The standard InChI is InChI=1S/C16H21N3O2/c20-15(18-8-4-1-5-9-18)10-17-16(21)19-11-13-6-2-3-7-14(13)12-19/h2-3,6-7H,1,4-5,8-12H2,(H,17,21). The van der Waals surface area contributed by atoms with Crippen molar-refractivity contribution >= 4 is 11.9 Å². The number of carbonyl (C=O) groups excluding carboxylic acids is 2. The highest BCUT2D eigenvalue weighted by molar-refractivity contribution is 5.84. The molecule has 0 atom stereocenters. The van der Waals surface area contributed by atoms with E-state index in [0.29, 0.717) is 13.1 Å². The van der Waals surface area contributed by atoms with Crippen LogP contribution in [0.25, 0.3) is 0 Å². The van der Waals surface area contributed by atoms with Gasteiger partial charge in [-0.05, 0) is 30.4 Å². The number of amides is 3. The lowest BCUT2D eigenvalue weighted by molar-refractivity contribution is -0.130. The van der Waals surface area contributed by atoms with Gasteiger partial charge in [0.05, 0.1) is 6.54 Å². The predicted molar refractivity (Wildman–Crippen MR) is 79.5 cm³/mol. The maximum atomic E-state index is 12.1. The first-order valence-corrected chi connectivity index (χ1v) is 7.61. The number of hydrogen-bond acceptors (Lipinski definition) is 2. The van der Waals surface area contributed by atoms with Gasteiger partial charge >= 0.3 is 6.03 Å². The van der Waals surface area contributed by atoms with E-state index in [1.54, 1.807) is 4.90 Å². The van der Waals surface area contributed by atoms with Crippen molar-refractivity contribution in [2.45, 2.75) is 32.4 Å². The van der Waals surface area contributed by atoms with Gasteiger partial charge in [0, 0.05) is 26.2 Å². The fourth-order valence-electron chi connectivity index (χ4n) is 2.99. The number of nitrogens with one attached hydrogen (secondary N) is 1. The van der Waals surface area contributed by atoms with Crippen LogP contribution < -0.4 is 5.32 Å². The SMILES string of the molecule is O=C(CNC(=O)N1Cc2ccccc2C1)N1CCCCC1. The lowest BCUT2D eigenvalue weighted by Gasteiger charge is -2.27. The van der Waals surface area contributed by atoms with Crippen molar-refractivity contribution in [1.82, 2.24) is 15.1 Å². The summed E-state index contributed by atoms with van der Waals surface area (Å²) in [4.78, 5) is 27.8. The van der Waals surface area contributed by atoms with Gasteiger partial charge in [-0.2, -0.15) is 0 Å². The van der Waals surface area contributed by atoms with Gasteiger partial charge in [-0.1, -0.05) is 24.3 Å². The van der Waals surface area contributed by atoms with Gasteiger partial charge in [-0.3, -0.25) is 4.79 Å². The Kier molecular flexibility index (Phi) is 4.08. The summed E-state index contributed by atoms with van der Waals surface area (Å²) in [7, 11) is 0. The summed E-state index contributed by atoms with van der Waals surface area (Å²) in [6, 6.07) is 7.90. The summed E-state index contributed by atoms with van der Waals surface area (Å²) < 4.78 is 0. The number of rotatable bonds is 2. The third kappa shape index (κ3) is 3.17. The van der Waals surface area contributed by atoms with Gasteiger partial charge in [0.15, 0.2) is 0 Å². The van der Waals surface area contributed by atoms with Gasteiger partial charge in [0.1, 0.15) is 0 Å². The molecule has 1 N–H and O–H groups in total. The van der Waals surface area contributed by atoms with Crippen LogP contribution in [0.3, 0.4) is 0 Å². The van der Waals surface area contributed by atoms with E-state index >= 15 is 0 Å². The molecule has 0 spiro atoms. The summed E-state index contributed by atoms with van der Waals surface area (Å²) >= 11 is 0. The summed E-state index contributed by atoms with van der Waals surface area (Å²) in [6.07, 6.45) is 3.34. The van der Waals surface area contributed by atoms with Gasteiger partial charge in [0.2, 0.25) is 5.91 Å². The third-order valence-corrected chi connectivity index (χ3v) is 4.23. The molecule has 21 heavy (non-hydrogen) atoms. The Morgan fingerprint density at radius 1 is 0.952 bits per heavy atom. The Morgan fingerprint density at radius 2 is 1.57 bits per heavy atom. The van der Waals surface area contributed by atoms with Crippen LogP contribution in [-0.4, -0.2) is 41.4 Å². The predicted octanol–water partition coefficient (Wildman–Crippen LogP) is 1.72. The van der Waals surface area contributed by atoms with Crippen LogP contribution in [0.5, 0.6) is 0 Å². The van der Waals surface area contributed by atoms with E-state index in [1.165, 1.54) is 17.5 Å². The molecule has 0 aliphatic carbocycles.